The molecule has 0 bridgehead atoms. The van der Waals surface area contributed by atoms with Crippen LogP contribution in [0, 0.1) is 0 Å². The molecule has 0 spiro atoms. The molecule has 17 heteroatoms. The first-order chi connectivity index (χ1) is 17.8. The normalized spacial score (nSPS) is 13.7. The number of nitrogens with one attached hydrogen (secondary N) is 3. The highest BCUT2D eigenvalue weighted by atomic mass is 16.4. The number of hydrogen-bond acceptors (Lipinski definition) is 9. The van der Waals surface area contributed by atoms with Crippen molar-refractivity contribution in [2.24, 2.45) is 39.4 Å². The Morgan fingerprint density at radius 3 is 1.76 bits per heavy atom. The second-order valence-corrected chi connectivity index (χ2v) is 8.54. The number of carboxylic acid groups (broad SMARTS) is 1. The average Bonchev–Trinajstić information content (AvgIpc) is 2.82. The number of nitrogens with zero attached hydrogens (tertiary/aromatic N) is 1. The zero-order valence-electron chi connectivity index (χ0n) is 21.2. The van der Waals surface area contributed by atoms with Gasteiger partial charge >= 0.3 is 5.97 Å². The minimum atomic E-state index is -1.67. The van der Waals surface area contributed by atoms with Crippen molar-refractivity contribution in [3.8, 4) is 0 Å². The van der Waals surface area contributed by atoms with Crippen molar-refractivity contribution in [3.05, 3.63) is 0 Å². The maximum Gasteiger partial charge on any atom is 0.326 e. The van der Waals surface area contributed by atoms with E-state index in [0.29, 0.717) is 25.8 Å². The number of guanidine groups is 1. The van der Waals surface area contributed by atoms with Gasteiger partial charge in [-0.1, -0.05) is 6.42 Å². The summed E-state index contributed by atoms with van der Waals surface area (Å²) in [5.74, 6) is -5.90. The number of unbranched alkanes of at least 4 members (excludes halogenated alkanes) is 1. The second kappa shape index (κ2) is 18.3. The standard InChI is InChI=1S/C21H40N10O7/c22-8-2-1-4-11(23)17(34)29-12(5-3-9-28-21(26)27)18(35)30-13(6-7-15(24)32)19(36)31-14(20(37)38)10-16(25)33/h11-14H,1-10,22-23H2,(H2,24,32)(H2,25,33)(H,29,34)(H,30,35)(H,31,36)(H,37,38)(H4,26,27,28). The molecule has 0 heterocycles. The van der Waals surface area contributed by atoms with Gasteiger partial charge in [0.15, 0.2) is 5.96 Å². The van der Waals surface area contributed by atoms with Crippen LogP contribution in [0.15, 0.2) is 4.99 Å². The summed E-state index contributed by atoms with van der Waals surface area (Å²) >= 11 is 0. The summed E-state index contributed by atoms with van der Waals surface area (Å²) in [6, 6.07) is -5.20. The quantitative estimate of drug-likeness (QED) is 0.0393. The van der Waals surface area contributed by atoms with Crippen LogP contribution >= 0.6 is 0 Å². The molecule has 0 aromatic heterocycles. The number of aliphatic carboxylic acids is 1. The lowest BCUT2D eigenvalue weighted by molar-refractivity contribution is -0.144. The van der Waals surface area contributed by atoms with Crippen LogP contribution in [0.4, 0.5) is 0 Å². The smallest absolute Gasteiger partial charge is 0.326 e. The Kier molecular flexibility index (Phi) is 16.4. The molecule has 0 aromatic carbocycles. The third-order valence-electron chi connectivity index (χ3n) is 5.22. The van der Waals surface area contributed by atoms with Crippen LogP contribution in [0.3, 0.4) is 0 Å². The summed E-state index contributed by atoms with van der Waals surface area (Å²) in [5.41, 5.74) is 32.1. The van der Waals surface area contributed by atoms with Crippen LogP contribution in [-0.4, -0.2) is 83.8 Å². The van der Waals surface area contributed by atoms with E-state index in [4.69, 9.17) is 34.4 Å². The Morgan fingerprint density at radius 2 is 1.26 bits per heavy atom. The molecule has 0 fully saturated rings. The number of carbonyl (C=O) groups is 6. The van der Waals surface area contributed by atoms with E-state index < -0.39 is 66.1 Å². The van der Waals surface area contributed by atoms with Gasteiger partial charge in [0.2, 0.25) is 29.5 Å². The highest BCUT2D eigenvalue weighted by molar-refractivity contribution is 5.95. The van der Waals surface area contributed by atoms with Gasteiger partial charge in [0.1, 0.15) is 18.1 Å². The molecule has 0 rings (SSSR count). The molecule has 4 unspecified atom stereocenters. The summed E-state index contributed by atoms with van der Waals surface area (Å²) in [6.45, 7) is 0.574. The van der Waals surface area contributed by atoms with Crippen molar-refractivity contribution < 1.29 is 33.9 Å². The summed E-state index contributed by atoms with van der Waals surface area (Å²) in [6.07, 6.45) is 0.562. The molecular formula is C21H40N10O7. The van der Waals surface area contributed by atoms with Gasteiger partial charge in [0, 0.05) is 13.0 Å². The highest BCUT2D eigenvalue weighted by Crippen LogP contribution is 2.06. The van der Waals surface area contributed by atoms with Gasteiger partial charge < -0.3 is 55.5 Å². The molecule has 4 atom stereocenters. The molecule has 0 saturated heterocycles. The van der Waals surface area contributed by atoms with E-state index in [0.717, 1.165) is 0 Å². The number of carboxylic acids is 1. The van der Waals surface area contributed by atoms with Gasteiger partial charge in [0.05, 0.1) is 12.5 Å². The Labute approximate surface area is 219 Å². The molecule has 0 aliphatic rings. The Bertz CT molecular complexity index is 863. The van der Waals surface area contributed by atoms with E-state index in [1.54, 1.807) is 0 Å². The van der Waals surface area contributed by atoms with E-state index in [1.165, 1.54) is 0 Å². The molecular weight excluding hydrogens is 504 g/mol. The fourth-order valence-electron chi connectivity index (χ4n) is 3.19. The minimum Gasteiger partial charge on any atom is -0.480 e. The number of primary amides is 2. The van der Waals surface area contributed by atoms with Gasteiger partial charge in [-0.2, -0.15) is 0 Å². The van der Waals surface area contributed by atoms with Gasteiger partial charge in [-0.3, -0.25) is 29.0 Å². The molecule has 38 heavy (non-hydrogen) atoms. The Hall–Kier alpha value is -3.99. The maximum absolute atomic E-state index is 13.1. The van der Waals surface area contributed by atoms with E-state index in [9.17, 15) is 33.9 Å². The topological polar surface area (TPSA) is 327 Å². The third kappa shape index (κ3) is 15.2. The van der Waals surface area contributed by atoms with Crippen molar-refractivity contribution in [1.29, 1.82) is 0 Å². The first kappa shape index (κ1) is 34.0. The summed E-state index contributed by atoms with van der Waals surface area (Å²) < 4.78 is 0. The van der Waals surface area contributed by atoms with Crippen LogP contribution in [0.25, 0.3) is 0 Å². The fourth-order valence-corrected chi connectivity index (χ4v) is 3.19. The number of hydrogen-bond donors (Lipinski definition) is 10. The summed E-state index contributed by atoms with van der Waals surface area (Å²) in [4.78, 5) is 76.1. The molecule has 16 N–H and O–H groups in total. The molecule has 0 aliphatic heterocycles. The second-order valence-electron chi connectivity index (χ2n) is 8.54. The number of aliphatic imine (C=N–C) groups is 1. The van der Waals surface area contributed by atoms with Crippen LogP contribution in [0.1, 0.15) is 51.4 Å². The van der Waals surface area contributed by atoms with Crippen molar-refractivity contribution in [2.45, 2.75) is 75.5 Å². The molecule has 0 saturated carbocycles. The van der Waals surface area contributed by atoms with Crippen molar-refractivity contribution in [2.75, 3.05) is 13.1 Å². The zero-order valence-corrected chi connectivity index (χ0v) is 21.2. The number of rotatable bonds is 20. The molecule has 17 nitrogen and oxygen atoms in total. The van der Waals surface area contributed by atoms with Crippen LogP contribution in [0.5, 0.6) is 0 Å². The molecule has 5 amide bonds. The fraction of sp³-hybridized carbons (Fsp3) is 0.667. The van der Waals surface area contributed by atoms with Crippen LogP contribution in [0.2, 0.25) is 0 Å². The maximum atomic E-state index is 13.1. The molecule has 0 aliphatic carbocycles. The molecule has 0 aromatic rings. The van der Waals surface area contributed by atoms with Gasteiger partial charge in [0.25, 0.3) is 0 Å². The van der Waals surface area contributed by atoms with E-state index in [1.807, 2.05) is 0 Å². The van der Waals surface area contributed by atoms with Crippen LogP contribution in [-0.2, 0) is 28.8 Å². The van der Waals surface area contributed by atoms with E-state index in [-0.39, 0.29) is 38.2 Å². The largest absolute Gasteiger partial charge is 0.480 e. The lowest BCUT2D eigenvalue weighted by atomic mass is 10.0. The molecule has 0 radical (unpaired) electrons. The SMILES string of the molecule is NCCCCC(N)C(=O)NC(CCCN=C(N)N)C(=O)NC(CCC(N)=O)C(=O)NC(CC(N)=O)C(=O)O. The van der Waals surface area contributed by atoms with E-state index in [2.05, 4.69) is 20.9 Å². The van der Waals surface area contributed by atoms with Crippen molar-refractivity contribution >= 4 is 41.5 Å². The lowest BCUT2D eigenvalue weighted by Gasteiger charge is -2.25. The number of carbonyl (C=O) groups excluding carboxylic acids is 5. The zero-order chi connectivity index (χ0) is 29.3. The highest BCUT2D eigenvalue weighted by Gasteiger charge is 2.31. The summed E-state index contributed by atoms with van der Waals surface area (Å²) in [5, 5.41) is 16.3. The monoisotopic (exact) mass is 544 g/mol. The lowest BCUT2D eigenvalue weighted by Crippen LogP contribution is -2.57. The van der Waals surface area contributed by atoms with Gasteiger partial charge in [-0.05, 0) is 38.6 Å². The van der Waals surface area contributed by atoms with Gasteiger partial charge in [-0.25, -0.2) is 4.79 Å². The van der Waals surface area contributed by atoms with Crippen molar-refractivity contribution in [3.63, 3.8) is 0 Å². The summed E-state index contributed by atoms with van der Waals surface area (Å²) in [7, 11) is 0. The first-order valence-electron chi connectivity index (χ1n) is 12.0. The van der Waals surface area contributed by atoms with Crippen molar-refractivity contribution in [1.82, 2.24) is 16.0 Å². The van der Waals surface area contributed by atoms with Crippen LogP contribution < -0.4 is 50.4 Å². The predicted molar refractivity (Wildman–Crippen MR) is 136 cm³/mol. The Morgan fingerprint density at radius 1 is 0.711 bits per heavy atom. The first-order valence-corrected chi connectivity index (χ1v) is 12.0. The average molecular weight is 545 g/mol. The Balaban J connectivity index is 5.66. The molecule has 216 valence electrons. The predicted octanol–water partition coefficient (Wildman–Crippen LogP) is -4.82. The van der Waals surface area contributed by atoms with E-state index >= 15 is 0 Å². The third-order valence-corrected chi connectivity index (χ3v) is 5.22. The number of amides is 5. The van der Waals surface area contributed by atoms with Gasteiger partial charge in [-0.15, -0.1) is 0 Å². The minimum absolute atomic E-state index is 0.0491. The number of nitrogens with two attached hydrogens (primary N) is 6.